The van der Waals surface area contributed by atoms with Crippen molar-refractivity contribution >= 4 is 11.4 Å². The molecule has 1 atom stereocenters. The van der Waals surface area contributed by atoms with E-state index in [0.29, 0.717) is 11.4 Å². The molecule has 0 aliphatic rings. The minimum Gasteiger partial charge on any atom is -0.496 e. The molecule has 1 aromatic carbocycles. The van der Waals surface area contributed by atoms with Crippen molar-refractivity contribution in [2.24, 2.45) is 0 Å². The SMILES string of the molecule is CCCC(CC)Nc1ccc(OC)cc1[N+](=O)[O-]. The number of benzene rings is 1. The fourth-order valence-corrected chi connectivity index (χ4v) is 1.86. The van der Waals surface area contributed by atoms with Gasteiger partial charge in [0.05, 0.1) is 18.1 Å². The Morgan fingerprint density at radius 1 is 1.44 bits per heavy atom. The molecule has 0 fully saturated rings. The largest absolute Gasteiger partial charge is 0.496 e. The second-order valence-electron chi connectivity index (χ2n) is 4.18. The van der Waals surface area contributed by atoms with E-state index < -0.39 is 0 Å². The van der Waals surface area contributed by atoms with Crippen molar-refractivity contribution in [3.63, 3.8) is 0 Å². The lowest BCUT2D eigenvalue weighted by molar-refractivity contribution is -0.384. The van der Waals surface area contributed by atoms with Crippen LogP contribution >= 0.6 is 0 Å². The van der Waals surface area contributed by atoms with Crippen LogP contribution in [0.2, 0.25) is 0 Å². The number of methoxy groups -OCH3 is 1. The van der Waals surface area contributed by atoms with Crippen LogP contribution in [-0.4, -0.2) is 18.1 Å². The van der Waals surface area contributed by atoms with E-state index in [4.69, 9.17) is 4.74 Å². The van der Waals surface area contributed by atoms with E-state index in [1.807, 2.05) is 0 Å². The molecule has 0 heterocycles. The van der Waals surface area contributed by atoms with Crippen molar-refractivity contribution in [1.82, 2.24) is 0 Å². The molecule has 18 heavy (non-hydrogen) atoms. The number of hydrogen-bond donors (Lipinski definition) is 1. The van der Waals surface area contributed by atoms with Gasteiger partial charge in [0.1, 0.15) is 11.4 Å². The highest BCUT2D eigenvalue weighted by Gasteiger charge is 2.17. The standard InChI is InChI=1S/C13H20N2O3/c1-4-6-10(5-2)14-12-8-7-11(18-3)9-13(12)15(16)17/h7-10,14H,4-6H2,1-3H3. The quantitative estimate of drug-likeness (QED) is 0.595. The topological polar surface area (TPSA) is 64.4 Å². The van der Waals surface area contributed by atoms with Crippen LogP contribution < -0.4 is 10.1 Å². The first kappa shape index (κ1) is 14.3. The Balaban J connectivity index is 2.96. The molecule has 0 saturated carbocycles. The summed E-state index contributed by atoms with van der Waals surface area (Å²) < 4.78 is 5.01. The number of nitro groups is 1. The Hall–Kier alpha value is -1.78. The lowest BCUT2D eigenvalue weighted by atomic mass is 10.1. The van der Waals surface area contributed by atoms with Gasteiger partial charge >= 0.3 is 0 Å². The molecule has 1 unspecified atom stereocenters. The van der Waals surface area contributed by atoms with Gasteiger partial charge in [0.2, 0.25) is 0 Å². The molecule has 0 aromatic heterocycles. The summed E-state index contributed by atoms with van der Waals surface area (Å²) in [6, 6.07) is 5.15. The lowest BCUT2D eigenvalue weighted by Crippen LogP contribution is -2.18. The third kappa shape index (κ3) is 3.61. The van der Waals surface area contributed by atoms with Gasteiger partial charge in [0.25, 0.3) is 5.69 Å². The highest BCUT2D eigenvalue weighted by atomic mass is 16.6. The molecule has 0 aliphatic heterocycles. The van der Waals surface area contributed by atoms with Crippen LogP contribution in [0.15, 0.2) is 18.2 Å². The van der Waals surface area contributed by atoms with Gasteiger partial charge in [-0.05, 0) is 25.0 Å². The average Bonchev–Trinajstić information content (AvgIpc) is 2.38. The zero-order valence-electron chi connectivity index (χ0n) is 11.1. The predicted molar refractivity (Wildman–Crippen MR) is 72.3 cm³/mol. The first-order valence-corrected chi connectivity index (χ1v) is 6.21. The molecule has 1 aromatic rings. The van der Waals surface area contributed by atoms with Crippen molar-refractivity contribution < 1.29 is 9.66 Å². The fraction of sp³-hybridized carbons (Fsp3) is 0.538. The molecule has 5 heteroatoms. The van der Waals surface area contributed by atoms with Crippen LogP contribution in [0.3, 0.4) is 0 Å². The molecule has 1 N–H and O–H groups in total. The highest BCUT2D eigenvalue weighted by Crippen LogP contribution is 2.30. The van der Waals surface area contributed by atoms with Crippen molar-refractivity contribution in [3.8, 4) is 5.75 Å². The van der Waals surface area contributed by atoms with Crippen LogP contribution in [0.25, 0.3) is 0 Å². The number of rotatable bonds is 7. The Morgan fingerprint density at radius 2 is 2.17 bits per heavy atom. The van der Waals surface area contributed by atoms with Crippen LogP contribution in [0.1, 0.15) is 33.1 Å². The van der Waals surface area contributed by atoms with E-state index in [9.17, 15) is 10.1 Å². The first-order chi connectivity index (χ1) is 8.62. The normalized spacial score (nSPS) is 11.9. The number of nitrogens with one attached hydrogen (secondary N) is 1. The Kier molecular flexibility index (Phi) is 5.42. The van der Waals surface area contributed by atoms with Gasteiger partial charge in [0, 0.05) is 6.04 Å². The van der Waals surface area contributed by atoms with Gasteiger partial charge in [-0.15, -0.1) is 0 Å². The highest BCUT2D eigenvalue weighted by molar-refractivity contribution is 5.64. The third-order valence-electron chi connectivity index (χ3n) is 2.89. The minimum absolute atomic E-state index is 0.0592. The third-order valence-corrected chi connectivity index (χ3v) is 2.89. The minimum atomic E-state index is -0.385. The summed E-state index contributed by atoms with van der Waals surface area (Å²) in [4.78, 5) is 10.6. The summed E-state index contributed by atoms with van der Waals surface area (Å²) in [5.74, 6) is 0.496. The summed E-state index contributed by atoms with van der Waals surface area (Å²) in [6.45, 7) is 4.18. The maximum absolute atomic E-state index is 11.0. The van der Waals surface area contributed by atoms with Crippen LogP contribution in [0.4, 0.5) is 11.4 Å². The number of nitro benzene ring substituents is 1. The summed E-state index contributed by atoms with van der Waals surface area (Å²) >= 11 is 0. The smallest absolute Gasteiger partial charge is 0.296 e. The van der Waals surface area contributed by atoms with E-state index in [1.165, 1.54) is 13.2 Å². The summed E-state index contributed by atoms with van der Waals surface area (Å²) in [7, 11) is 1.50. The molecule has 5 nitrogen and oxygen atoms in total. The van der Waals surface area contributed by atoms with E-state index in [2.05, 4.69) is 19.2 Å². The summed E-state index contributed by atoms with van der Waals surface area (Å²) in [6.07, 6.45) is 2.99. The van der Waals surface area contributed by atoms with Gasteiger partial charge in [-0.2, -0.15) is 0 Å². The lowest BCUT2D eigenvalue weighted by Gasteiger charge is -2.17. The number of hydrogen-bond acceptors (Lipinski definition) is 4. The Bertz CT molecular complexity index is 407. The Labute approximate surface area is 107 Å². The molecule has 0 bridgehead atoms. The van der Waals surface area contributed by atoms with Gasteiger partial charge < -0.3 is 10.1 Å². The summed E-state index contributed by atoms with van der Waals surface area (Å²) in [5, 5.41) is 14.3. The molecule has 0 radical (unpaired) electrons. The average molecular weight is 252 g/mol. The monoisotopic (exact) mass is 252 g/mol. The zero-order chi connectivity index (χ0) is 13.5. The molecular weight excluding hydrogens is 232 g/mol. The first-order valence-electron chi connectivity index (χ1n) is 6.21. The fourth-order valence-electron chi connectivity index (χ4n) is 1.86. The van der Waals surface area contributed by atoms with Crippen LogP contribution in [-0.2, 0) is 0 Å². The molecule has 1 rings (SSSR count). The second-order valence-corrected chi connectivity index (χ2v) is 4.18. The number of ether oxygens (including phenoxy) is 1. The van der Waals surface area contributed by atoms with Gasteiger partial charge in [-0.25, -0.2) is 0 Å². The van der Waals surface area contributed by atoms with Gasteiger partial charge in [-0.3, -0.25) is 10.1 Å². The van der Waals surface area contributed by atoms with E-state index in [-0.39, 0.29) is 16.7 Å². The van der Waals surface area contributed by atoms with Crippen molar-refractivity contribution in [3.05, 3.63) is 28.3 Å². The van der Waals surface area contributed by atoms with E-state index in [0.717, 1.165) is 19.3 Å². The zero-order valence-corrected chi connectivity index (χ0v) is 11.1. The number of nitrogens with zero attached hydrogens (tertiary/aromatic N) is 1. The molecule has 0 saturated heterocycles. The molecule has 100 valence electrons. The van der Waals surface area contributed by atoms with Gasteiger partial charge in [-0.1, -0.05) is 20.3 Å². The van der Waals surface area contributed by atoms with Gasteiger partial charge in [0.15, 0.2) is 0 Å². The molecule has 0 spiro atoms. The predicted octanol–water partition coefficient (Wildman–Crippen LogP) is 3.59. The van der Waals surface area contributed by atoms with Crippen molar-refractivity contribution in [2.75, 3.05) is 12.4 Å². The van der Waals surface area contributed by atoms with E-state index in [1.54, 1.807) is 12.1 Å². The van der Waals surface area contributed by atoms with Crippen molar-refractivity contribution in [2.45, 2.75) is 39.2 Å². The maximum atomic E-state index is 11.0. The molecular formula is C13H20N2O3. The Morgan fingerprint density at radius 3 is 2.67 bits per heavy atom. The van der Waals surface area contributed by atoms with Crippen LogP contribution in [0.5, 0.6) is 5.75 Å². The second kappa shape index (κ2) is 6.83. The number of anilines is 1. The summed E-state index contributed by atoms with van der Waals surface area (Å²) in [5.41, 5.74) is 0.616. The van der Waals surface area contributed by atoms with E-state index >= 15 is 0 Å². The van der Waals surface area contributed by atoms with Crippen LogP contribution in [0, 0.1) is 10.1 Å². The van der Waals surface area contributed by atoms with Crippen molar-refractivity contribution in [1.29, 1.82) is 0 Å². The molecule has 0 amide bonds. The maximum Gasteiger partial charge on any atom is 0.296 e. The molecule has 0 aliphatic carbocycles.